The molecule has 0 aliphatic rings. The molecular formula is C13H10N4OS2. The fourth-order valence-electron chi connectivity index (χ4n) is 1.66. The summed E-state index contributed by atoms with van der Waals surface area (Å²) in [6.07, 6.45) is 3.15. The summed E-state index contributed by atoms with van der Waals surface area (Å²) in [7, 11) is 0. The van der Waals surface area contributed by atoms with Crippen molar-refractivity contribution in [3.63, 3.8) is 0 Å². The van der Waals surface area contributed by atoms with Gasteiger partial charge in [0.15, 0.2) is 5.65 Å². The van der Waals surface area contributed by atoms with E-state index in [9.17, 15) is 0 Å². The second-order valence-electron chi connectivity index (χ2n) is 3.83. The number of hydrogen-bond donors (Lipinski definition) is 2. The van der Waals surface area contributed by atoms with Crippen molar-refractivity contribution in [2.45, 2.75) is 10.8 Å². The molecule has 0 fully saturated rings. The number of fused-ring (bicyclic) bond motifs is 1. The molecule has 0 aliphatic heterocycles. The van der Waals surface area contributed by atoms with Crippen molar-refractivity contribution in [1.82, 2.24) is 19.9 Å². The quantitative estimate of drug-likeness (QED) is 0.440. The van der Waals surface area contributed by atoms with Crippen molar-refractivity contribution >= 4 is 34.3 Å². The fraction of sp³-hybridized carbons (Fsp3) is 0.154. The maximum atomic E-state index is 8.67. The molecule has 0 saturated heterocycles. The Hall–Kier alpha value is -1.88. The monoisotopic (exact) mass is 302 g/mol. The van der Waals surface area contributed by atoms with Crippen LogP contribution >= 0.6 is 23.1 Å². The minimum Gasteiger partial charge on any atom is -0.384 e. The van der Waals surface area contributed by atoms with Crippen molar-refractivity contribution in [2.24, 2.45) is 0 Å². The zero-order valence-electron chi connectivity index (χ0n) is 10.3. The largest absolute Gasteiger partial charge is 0.384 e. The number of aliphatic hydroxyl groups excluding tert-OH is 1. The van der Waals surface area contributed by atoms with Crippen molar-refractivity contribution < 1.29 is 5.11 Å². The molecule has 0 spiro atoms. The standard InChI is InChI=1S/C13H10N4OS2/c18-3-1-2-9-4-10(19-5-9)6-20-13-11-12(15-7-14-11)16-8-17-13/h4-5,7-8,18H,3,6H2,(H,14,15,16,17). The summed E-state index contributed by atoms with van der Waals surface area (Å²) in [6.45, 7) is -0.112. The first kappa shape index (κ1) is 13.1. The molecule has 0 saturated carbocycles. The Morgan fingerprint density at radius 2 is 2.30 bits per heavy atom. The molecule has 0 aliphatic carbocycles. The highest BCUT2D eigenvalue weighted by Gasteiger charge is 2.07. The van der Waals surface area contributed by atoms with Crippen LogP contribution in [0, 0.1) is 11.8 Å². The number of aliphatic hydroxyl groups is 1. The second-order valence-corrected chi connectivity index (χ2v) is 5.79. The smallest absolute Gasteiger partial charge is 0.181 e. The number of imidazole rings is 1. The Morgan fingerprint density at radius 1 is 1.35 bits per heavy atom. The molecule has 3 aromatic rings. The Bertz CT molecular complexity index is 784. The highest BCUT2D eigenvalue weighted by molar-refractivity contribution is 7.98. The maximum absolute atomic E-state index is 8.67. The fourth-order valence-corrected chi connectivity index (χ4v) is 3.48. The van der Waals surface area contributed by atoms with E-state index in [1.165, 1.54) is 11.2 Å². The van der Waals surface area contributed by atoms with Gasteiger partial charge in [0, 0.05) is 21.6 Å². The lowest BCUT2D eigenvalue weighted by atomic mass is 10.3. The Morgan fingerprint density at radius 3 is 3.20 bits per heavy atom. The molecule has 100 valence electrons. The first-order valence-electron chi connectivity index (χ1n) is 5.81. The van der Waals surface area contributed by atoms with Gasteiger partial charge < -0.3 is 10.1 Å². The van der Waals surface area contributed by atoms with E-state index < -0.39 is 0 Å². The van der Waals surface area contributed by atoms with E-state index in [0.717, 1.165) is 21.9 Å². The summed E-state index contributed by atoms with van der Waals surface area (Å²) in [5.74, 6) is 6.36. The van der Waals surface area contributed by atoms with Crippen molar-refractivity contribution in [2.75, 3.05) is 6.61 Å². The first-order chi connectivity index (χ1) is 9.86. The number of rotatable bonds is 3. The molecule has 3 rings (SSSR count). The average Bonchev–Trinajstić information content (AvgIpc) is 3.11. The van der Waals surface area contributed by atoms with Crippen LogP contribution in [0.1, 0.15) is 10.4 Å². The van der Waals surface area contributed by atoms with Gasteiger partial charge in [-0.05, 0) is 6.07 Å². The second kappa shape index (κ2) is 6.05. The molecule has 7 heteroatoms. The van der Waals surface area contributed by atoms with Crippen LogP contribution in [0.2, 0.25) is 0 Å². The average molecular weight is 302 g/mol. The SMILES string of the molecule is OCC#Cc1csc(CSc2ncnc3nc[nH]c23)c1. The third-order valence-electron chi connectivity index (χ3n) is 2.50. The molecule has 0 amide bonds. The lowest BCUT2D eigenvalue weighted by Crippen LogP contribution is -1.86. The van der Waals surface area contributed by atoms with Gasteiger partial charge in [-0.3, -0.25) is 0 Å². The van der Waals surface area contributed by atoms with Crippen LogP contribution in [-0.2, 0) is 5.75 Å². The van der Waals surface area contributed by atoms with Crippen LogP contribution in [0.5, 0.6) is 0 Å². The molecule has 2 N–H and O–H groups in total. The number of aromatic nitrogens is 4. The normalized spacial score (nSPS) is 10.4. The van der Waals surface area contributed by atoms with E-state index in [1.54, 1.807) is 29.4 Å². The highest BCUT2D eigenvalue weighted by atomic mass is 32.2. The number of H-pyrrole nitrogens is 1. The topological polar surface area (TPSA) is 74.7 Å². The summed E-state index contributed by atoms with van der Waals surface area (Å²) in [6, 6.07) is 2.03. The lowest BCUT2D eigenvalue weighted by Gasteiger charge is -1.99. The molecule has 0 bridgehead atoms. The lowest BCUT2D eigenvalue weighted by molar-refractivity contribution is 0.350. The molecular weight excluding hydrogens is 292 g/mol. The van der Waals surface area contributed by atoms with E-state index in [1.807, 2.05) is 11.4 Å². The third-order valence-corrected chi connectivity index (χ3v) is 4.66. The van der Waals surface area contributed by atoms with Crippen molar-refractivity contribution in [1.29, 1.82) is 0 Å². The molecule has 3 heterocycles. The van der Waals surface area contributed by atoms with Crippen molar-refractivity contribution in [3.8, 4) is 11.8 Å². The predicted octanol–water partition coefficient (Wildman–Crippen LogP) is 2.05. The minimum absolute atomic E-state index is 0.112. The number of thiophene rings is 1. The predicted molar refractivity (Wildman–Crippen MR) is 79.5 cm³/mol. The summed E-state index contributed by atoms with van der Waals surface area (Å²) < 4.78 is 0. The highest BCUT2D eigenvalue weighted by Crippen LogP contribution is 2.27. The van der Waals surface area contributed by atoms with Gasteiger partial charge in [0.25, 0.3) is 0 Å². The first-order valence-corrected chi connectivity index (χ1v) is 7.67. The zero-order valence-corrected chi connectivity index (χ0v) is 12.0. The number of thioether (sulfide) groups is 1. The Kier molecular flexibility index (Phi) is 3.97. The maximum Gasteiger partial charge on any atom is 0.181 e. The van der Waals surface area contributed by atoms with Gasteiger partial charge >= 0.3 is 0 Å². The van der Waals surface area contributed by atoms with E-state index >= 15 is 0 Å². The molecule has 0 unspecified atom stereocenters. The van der Waals surface area contributed by atoms with Gasteiger partial charge in [0.1, 0.15) is 23.5 Å². The van der Waals surface area contributed by atoms with E-state index in [0.29, 0.717) is 5.65 Å². The van der Waals surface area contributed by atoms with Crippen LogP contribution in [0.3, 0.4) is 0 Å². The molecule has 5 nitrogen and oxygen atoms in total. The van der Waals surface area contributed by atoms with Crippen LogP contribution < -0.4 is 0 Å². The summed E-state index contributed by atoms with van der Waals surface area (Å²) in [5.41, 5.74) is 2.49. The van der Waals surface area contributed by atoms with Crippen LogP contribution in [0.25, 0.3) is 11.2 Å². The van der Waals surface area contributed by atoms with Gasteiger partial charge in [-0.15, -0.1) is 11.3 Å². The molecule has 0 aromatic carbocycles. The number of nitrogens with zero attached hydrogens (tertiary/aromatic N) is 3. The zero-order chi connectivity index (χ0) is 13.8. The summed E-state index contributed by atoms with van der Waals surface area (Å²) in [5, 5.41) is 11.6. The van der Waals surface area contributed by atoms with Gasteiger partial charge in [0.2, 0.25) is 0 Å². The Labute approximate surface area is 123 Å². The third kappa shape index (κ3) is 2.82. The van der Waals surface area contributed by atoms with E-state index in [-0.39, 0.29) is 6.61 Å². The number of hydrogen-bond acceptors (Lipinski definition) is 6. The number of nitrogens with one attached hydrogen (secondary N) is 1. The van der Waals surface area contributed by atoms with Crippen molar-refractivity contribution in [3.05, 3.63) is 34.5 Å². The summed E-state index contributed by atoms with van der Waals surface area (Å²) in [4.78, 5) is 16.7. The van der Waals surface area contributed by atoms with E-state index in [2.05, 4.69) is 31.8 Å². The van der Waals surface area contributed by atoms with Gasteiger partial charge in [-0.1, -0.05) is 23.6 Å². The number of aromatic amines is 1. The van der Waals surface area contributed by atoms with Gasteiger partial charge in [-0.2, -0.15) is 0 Å². The molecule has 20 heavy (non-hydrogen) atoms. The molecule has 0 radical (unpaired) electrons. The molecule has 3 aromatic heterocycles. The van der Waals surface area contributed by atoms with Crippen LogP contribution in [0.4, 0.5) is 0 Å². The Balaban J connectivity index is 1.73. The van der Waals surface area contributed by atoms with Gasteiger partial charge in [0.05, 0.1) is 6.33 Å². The molecule has 0 atom stereocenters. The minimum atomic E-state index is -0.112. The van der Waals surface area contributed by atoms with Gasteiger partial charge in [-0.25, -0.2) is 15.0 Å². The van der Waals surface area contributed by atoms with Crippen LogP contribution in [0.15, 0.2) is 29.1 Å². The summed E-state index contributed by atoms with van der Waals surface area (Å²) >= 11 is 3.29. The van der Waals surface area contributed by atoms with Crippen LogP contribution in [-0.4, -0.2) is 31.6 Å². The van der Waals surface area contributed by atoms with E-state index in [4.69, 9.17) is 5.11 Å².